The zero-order chi connectivity index (χ0) is 8.20. The number of hydrogen-bond donors (Lipinski definition) is 4. The highest BCUT2D eigenvalue weighted by Gasteiger charge is 2.25. The van der Waals surface area contributed by atoms with E-state index in [1.807, 2.05) is 0 Å². The minimum atomic E-state index is -2.78. The molecule has 10 heavy (non-hydrogen) atoms. The van der Waals surface area contributed by atoms with Gasteiger partial charge in [-0.3, -0.25) is 0 Å². The summed E-state index contributed by atoms with van der Waals surface area (Å²) in [5, 5.41) is 33.5. The maximum absolute atomic E-state index is 8.44. The Hall–Kier alpha value is -0.600. The highest BCUT2D eigenvalue weighted by molar-refractivity contribution is 5.04. The largest absolute Gasteiger partial charge is 0.384 e. The standard InChI is InChI=1S/C6H10O4/c1-5(3-2-4-7)6(8,9)10/h5,7-10H,4H2,1H3. The summed E-state index contributed by atoms with van der Waals surface area (Å²) < 4.78 is 0. The van der Waals surface area contributed by atoms with E-state index in [0.717, 1.165) is 0 Å². The summed E-state index contributed by atoms with van der Waals surface area (Å²) in [4.78, 5) is 0. The Kier molecular flexibility index (Phi) is 3.33. The van der Waals surface area contributed by atoms with Gasteiger partial charge in [-0.05, 0) is 6.92 Å². The van der Waals surface area contributed by atoms with Crippen molar-refractivity contribution in [2.75, 3.05) is 6.61 Å². The van der Waals surface area contributed by atoms with Crippen molar-refractivity contribution in [1.82, 2.24) is 0 Å². The Morgan fingerprint density at radius 1 is 1.40 bits per heavy atom. The summed E-state index contributed by atoms with van der Waals surface area (Å²) in [6.45, 7) is 0.961. The third-order valence-corrected chi connectivity index (χ3v) is 0.979. The van der Waals surface area contributed by atoms with Crippen LogP contribution in [-0.4, -0.2) is 33.0 Å². The summed E-state index contributed by atoms with van der Waals surface area (Å²) >= 11 is 0. The second kappa shape index (κ2) is 3.54. The Morgan fingerprint density at radius 2 is 1.90 bits per heavy atom. The number of aliphatic hydroxyl groups is 4. The molecular weight excluding hydrogens is 136 g/mol. The molecule has 1 atom stereocenters. The molecule has 0 rings (SSSR count). The first kappa shape index (κ1) is 9.40. The predicted molar refractivity (Wildman–Crippen MR) is 33.4 cm³/mol. The maximum Gasteiger partial charge on any atom is 0.289 e. The monoisotopic (exact) mass is 146 g/mol. The third-order valence-electron chi connectivity index (χ3n) is 0.979. The van der Waals surface area contributed by atoms with Crippen LogP contribution < -0.4 is 0 Å². The van der Waals surface area contributed by atoms with E-state index in [4.69, 9.17) is 20.4 Å². The van der Waals surface area contributed by atoms with E-state index in [1.165, 1.54) is 6.92 Å². The topological polar surface area (TPSA) is 80.9 Å². The Balaban J connectivity index is 3.97. The molecule has 0 aromatic carbocycles. The molecule has 4 N–H and O–H groups in total. The fourth-order valence-electron chi connectivity index (χ4n) is 0.296. The minimum Gasteiger partial charge on any atom is -0.384 e. The highest BCUT2D eigenvalue weighted by Crippen LogP contribution is 2.07. The van der Waals surface area contributed by atoms with Crippen LogP contribution >= 0.6 is 0 Å². The average Bonchev–Trinajstić information content (AvgIpc) is 1.80. The summed E-state index contributed by atoms with van der Waals surface area (Å²) in [6, 6.07) is 0. The van der Waals surface area contributed by atoms with E-state index in [1.54, 1.807) is 0 Å². The fraction of sp³-hybridized carbons (Fsp3) is 0.667. The molecule has 0 fully saturated rings. The van der Waals surface area contributed by atoms with Crippen molar-refractivity contribution in [2.24, 2.45) is 5.92 Å². The van der Waals surface area contributed by atoms with Crippen LogP contribution in [0.3, 0.4) is 0 Å². The molecule has 0 heterocycles. The molecule has 0 aromatic heterocycles. The molecular formula is C6H10O4. The molecule has 1 unspecified atom stereocenters. The molecule has 0 saturated carbocycles. The van der Waals surface area contributed by atoms with Gasteiger partial charge in [0.25, 0.3) is 5.97 Å². The van der Waals surface area contributed by atoms with Gasteiger partial charge in [-0.2, -0.15) is 0 Å². The summed E-state index contributed by atoms with van der Waals surface area (Å²) in [7, 11) is 0. The van der Waals surface area contributed by atoms with Gasteiger partial charge in [0.15, 0.2) is 0 Å². The van der Waals surface area contributed by atoms with Crippen molar-refractivity contribution in [2.45, 2.75) is 12.9 Å². The van der Waals surface area contributed by atoms with Crippen LogP contribution in [0.1, 0.15) is 6.92 Å². The van der Waals surface area contributed by atoms with E-state index in [0.29, 0.717) is 0 Å². The molecule has 4 nitrogen and oxygen atoms in total. The molecule has 0 aliphatic heterocycles. The van der Waals surface area contributed by atoms with Gasteiger partial charge in [0.1, 0.15) is 6.61 Å². The van der Waals surface area contributed by atoms with Crippen LogP contribution in [0.2, 0.25) is 0 Å². The molecule has 0 amide bonds. The number of hydrogen-bond acceptors (Lipinski definition) is 4. The van der Waals surface area contributed by atoms with Gasteiger partial charge in [-0.15, -0.1) is 0 Å². The molecule has 4 heteroatoms. The lowest BCUT2D eigenvalue weighted by atomic mass is 10.1. The molecule has 0 spiro atoms. The van der Waals surface area contributed by atoms with Crippen LogP contribution in [0, 0.1) is 17.8 Å². The summed E-state index contributed by atoms with van der Waals surface area (Å²) in [6.07, 6.45) is 0. The van der Waals surface area contributed by atoms with Gasteiger partial charge in [-0.25, -0.2) is 0 Å². The Labute approximate surface area is 58.7 Å². The summed E-state index contributed by atoms with van der Waals surface area (Å²) in [5.41, 5.74) is 0. The Bertz CT molecular complexity index is 147. The Morgan fingerprint density at radius 3 is 2.20 bits per heavy atom. The number of rotatable bonds is 1. The van der Waals surface area contributed by atoms with Gasteiger partial charge in [0.05, 0.1) is 5.92 Å². The van der Waals surface area contributed by atoms with Gasteiger partial charge in [-0.1, -0.05) is 11.8 Å². The van der Waals surface area contributed by atoms with Crippen LogP contribution in [0.15, 0.2) is 0 Å². The van der Waals surface area contributed by atoms with Crippen LogP contribution in [0.25, 0.3) is 0 Å². The molecule has 0 radical (unpaired) electrons. The predicted octanol–water partition coefficient (Wildman–Crippen LogP) is -1.75. The quantitative estimate of drug-likeness (QED) is 0.261. The molecule has 0 saturated heterocycles. The van der Waals surface area contributed by atoms with E-state index >= 15 is 0 Å². The van der Waals surface area contributed by atoms with Crippen molar-refractivity contribution in [1.29, 1.82) is 0 Å². The number of aliphatic hydroxyl groups excluding tert-OH is 1. The molecule has 0 aliphatic rings. The fourth-order valence-corrected chi connectivity index (χ4v) is 0.296. The highest BCUT2D eigenvalue weighted by atomic mass is 16.7. The van der Waals surface area contributed by atoms with Crippen LogP contribution in [0.5, 0.6) is 0 Å². The first-order valence-corrected chi connectivity index (χ1v) is 2.75. The molecule has 0 aromatic rings. The van der Waals surface area contributed by atoms with Crippen molar-refractivity contribution in [3.8, 4) is 11.8 Å². The first-order chi connectivity index (χ1) is 4.48. The van der Waals surface area contributed by atoms with Crippen molar-refractivity contribution < 1.29 is 20.4 Å². The third kappa shape index (κ3) is 3.43. The van der Waals surface area contributed by atoms with Crippen molar-refractivity contribution in [3.63, 3.8) is 0 Å². The zero-order valence-corrected chi connectivity index (χ0v) is 5.57. The maximum atomic E-state index is 8.44. The van der Waals surface area contributed by atoms with Gasteiger partial charge < -0.3 is 20.4 Å². The SMILES string of the molecule is CC(C#CCO)C(O)(O)O. The smallest absolute Gasteiger partial charge is 0.289 e. The first-order valence-electron chi connectivity index (χ1n) is 2.75. The van der Waals surface area contributed by atoms with Crippen LogP contribution in [0.4, 0.5) is 0 Å². The zero-order valence-electron chi connectivity index (χ0n) is 5.57. The van der Waals surface area contributed by atoms with Crippen molar-refractivity contribution >= 4 is 0 Å². The van der Waals surface area contributed by atoms with E-state index in [9.17, 15) is 0 Å². The molecule has 0 aliphatic carbocycles. The van der Waals surface area contributed by atoms with E-state index in [-0.39, 0.29) is 6.61 Å². The van der Waals surface area contributed by atoms with Crippen molar-refractivity contribution in [3.05, 3.63) is 0 Å². The van der Waals surface area contributed by atoms with Crippen LogP contribution in [-0.2, 0) is 0 Å². The van der Waals surface area contributed by atoms with Gasteiger partial charge in [0, 0.05) is 0 Å². The summed E-state index contributed by atoms with van der Waals surface area (Å²) in [5.74, 6) is 0.640. The normalized spacial score (nSPS) is 13.7. The van der Waals surface area contributed by atoms with E-state index in [2.05, 4.69) is 11.8 Å². The van der Waals surface area contributed by atoms with Gasteiger partial charge in [0.2, 0.25) is 0 Å². The average molecular weight is 146 g/mol. The lowest BCUT2D eigenvalue weighted by Crippen LogP contribution is -2.34. The second-order valence-corrected chi connectivity index (χ2v) is 1.89. The van der Waals surface area contributed by atoms with Gasteiger partial charge >= 0.3 is 0 Å². The lowest BCUT2D eigenvalue weighted by molar-refractivity contribution is -0.328. The molecule has 0 bridgehead atoms. The van der Waals surface area contributed by atoms with E-state index < -0.39 is 11.9 Å². The minimum absolute atomic E-state index is 0.361. The second-order valence-electron chi connectivity index (χ2n) is 1.89. The molecule has 58 valence electrons. The lowest BCUT2D eigenvalue weighted by Gasteiger charge is -2.16.